The molecule has 1 saturated carbocycles. The number of nitrogens with zero attached hydrogens (tertiary/aromatic N) is 1. The number of halogens is 3. The molecule has 10 heteroatoms. The van der Waals surface area contributed by atoms with E-state index in [0.29, 0.717) is 29.2 Å². The maximum absolute atomic E-state index is 13.5. The van der Waals surface area contributed by atoms with Crippen molar-refractivity contribution in [3.63, 3.8) is 0 Å². The number of benzene rings is 2. The van der Waals surface area contributed by atoms with Crippen molar-refractivity contribution in [1.82, 2.24) is 10.6 Å². The Kier molecular flexibility index (Phi) is 7.90. The summed E-state index contributed by atoms with van der Waals surface area (Å²) in [6.45, 7) is 3.29. The fraction of sp³-hybridized carbons (Fsp3) is 0.375. The summed E-state index contributed by atoms with van der Waals surface area (Å²) in [5.41, 5.74) is -0.393. The van der Waals surface area contributed by atoms with Crippen LogP contribution in [0, 0.1) is 17.1 Å². The highest BCUT2D eigenvalue weighted by molar-refractivity contribution is 6.31. The fourth-order valence-corrected chi connectivity index (χ4v) is 4.62. The molecule has 0 aliphatic heterocycles. The van der Waals surface area contributed by atoms with Crippen molar-refractivity contribution in [3.8, 4) is 17.6 Å². The Morgan fingerprint density at radius 3 is 1.97 bits per heavy atom. The standard InChI is InChI=1S/C24H24Cl2FN3O4/c1-23(29-21(31)11-33-16-3-5-18(25)15(9-16)7-8-28)13-24(2,14-23)30-22(32)12-34-17-4-6-19(26)20(27)10-17/h3-6,9-10H,7,11-14H2,1-2H3,(H,29,31)(H,30,32). The summed E-state index contributed by atoms with van der Waals surface area (Å²) >= 11 is 11.7. The third-order valence-corrected chi connectivity index (χ3v) is 6.04. The average Bonchev–Trinajstić information content (AvgIpc) is 2.74. The highest BCUT2D eigenvalue weighted by Gasteiger charge is 2.50. The molecule has 180 valence electrons. The number of nitriles is 1. The van der Waals surface area contributed by atoms with Crippen LogP contribution in [0.4, 0.5) is 4.39 Å². The summed E-state index contributed by atoms with van der Waals surface area (Å²) in [5, 5.41) is 15.1. The van der Waals surface area contributed by atoms with Gasteiger partial charge < -0.3 is 20.1 Å². The monoisotopic (exact) mass is 507 g/mol. The van der Waals surface area contributed by atoms with Crippen LogP contribution in [0.3, 0.4) is 0 Å². The first-order chi connectivity index (χ1) is 16.0. The first-order valence-corrected chi connectivity index (χ1v) is 11.2. The molecule has 0 radical (unpaired) electrons. The van der Waals surface area contributed by atoms with E-state index in [9.17, 15) is 14.0 Å². The number of carbonyl (C=O) groups is 2. The van der Waals surface area contributed by atoms with E-state index in [4.69, 9.17) is 37.9 Å². The Morgan fingerprint density at radius 1 is 0.971 bits per heavy atom. The second kappa shape index (κ2) is 10.5. The SMILES string of the molecule is CC1(NC(=O)COc2ccc(Cl)c(F)c2)CC(C)(NC(=O)COc2ccc(Cl)c(CC#N)c2)C1. The number of nitrogens with one attached hydrogen (secondary N) is 2. The molecule has 0 heterocycles. The van der Waals surface area contributed by atoms with Crippen LogP contribution < -0.4 is 20.1 Å². The average molecular weight is 508 g/mol. The van der Waals surface area contributed by atoms with Crippen LogP contribution in [-0.2, 0) is 16.0 Å². The van der Waals surface area contributed by atoms with Crippen molar-refractivity contribution in [1.29, 1.82) is 5.26 Å². The Balaban J connectivity index is 1.43. The summed E-state index contributed by atoms with van der Waals surface area (Å²) in [6, 6.07) is 10.9. The number of amides is 2. The van der Waals surface area contributed by atoms with Crippen LogP contribution >= 0.6 is 23.2 Å². The number of ether oxygens (including phenoxy) is 2. The van der Waals surface area contributed by atoms with Gasteiger partial charge in [0.2, 0.25) is 0 Å². The van der Waals surface area contributed by atoms with Crippen molar-refractivity contribution in [2.24, 2.45) is 0 Å². The molecule has 2 aromatic carbocycles. The summed E-state index contributed by atoms with van der Waals surface area (Å²) in [6.07, 6.45) is 1.17. The molecule has 1 aliphatic rings. The summed E-state index contributed by atoms with van der Waals surface area (Å²) in [4.78, 5) is 24.7. The molecule has 0 spiro atoms. The van der Waals surface area contributed by atoms with Crippen LogP contribution in [0.15, 0.2) is 36.4 Å². The van der Waals surface area contributed by atoms with E-state index >= 15 is 0 Å². The zero-order valence-electron chi connectivity index (χ0n) is 18.7. The van der Waals surface area contributed by atoms with Crippen LogP contribution in [0.2, 0.25) is 10.0 Å². The van der Waals surface area contributed by atoms with E-state index in [1.807, 2.05) is 19.9 Å². The molecule has 7 nitrogen and oxygen atoms in total. The molecule has 0 unspecified atom stereocenters. The van der Waals surface area contributed by atoms with Gasteiger partial charge >= 0.3 is 0 Å². The molecule has 0 saturated heterocycles. The molecule has 3 rings (SSSR count). The topological polar surface area (TPSA) is 100 Å². The molecule has 1 aliphatic carbocycles. The van der Waals surface area contributed by atoms with Crippen molar-refractivity contribution in [2.75, 3.05) is 13.2 Å². The molecule has 0 aromatic heterocycles. The maximum atomic E-state index is 13.5. The van der Waals surface area contributed by atoms with Crippen LogP contribution in [0.1, 0.15) is 32.3 Å². The second-order valence-electron chi connectivity index (χ2n) is 8.81. The molecule has 0 bridgehead atoms. The predicted octanol–water partition coefficient (Wildman–Crippen LogP) is 4.20. The van der Waals surface area contributed by atoms with E-state index in [1.165, 1.54) is 12.1 Å². The summed E-state index contributed by atoms with van der Waals surface area (Å²) in [5.74, 6) is -0.638. The van der Waals surface area contributed by atoms with Gasteiger partial charge in [0, 0.05) is 22.2 Å². The highest BCUT2D eigenvalue weighted by atomic mass is 35.5. The van der Waals surface area contributed by atoms with Gasteiger partial charge in [-0.3, -0.25) is 9.59 Å². The Labute approximate surface area is 207 Å². The van der Waals surface area contributed by atoms with E-state index in [-0.39, 0.29) is 42.2 Å². The van der Waals surface area contributed by atoms with Gasteiger partial charge in [0.05, 0.1) is 17.5 Å². The Bertz CT molecular complexity index is 1130. The summed E-state index contributed by atoms with van der Waals surface area (Å²) in [7, 11) is 0. The molecule has 34 heavy (non-hydrogen) atoms. The van der Waals surface area contributed by atoms with E-state index < -0.39 is 16.9 Å². The predicted molar refractivity (Wildman–Crippen MR) is 125 cm³/mol. The lowest BCUT2D eigenvalue weighted by Gasteiger charge is -2.53. The van der Waals surface area contributed by atoms with Crippen molar-refractivity contribution in [3.05, 3.63) is 57.8 Å². The van der Waals surface area contributed by atoms with Gasteiger partial charge in [0.15, 0.2) is 13.2 Å². The zero-order chi connectivity index (χ0) is 24.9. The minimum absolute atomic E-state index is 0.0255. The minimum atomic E-state index is -0.625. The van der Waals surface area contributed by atoms with E-state index in [1.54, 1.807) is 18.2 Å². The highest BCUT2D eigenvalue weighted by Crippen LogP contribution is 2.40. The minimum Gasteiger partial charge on any atom is -0.484 e. The van der Waals surface area contributed by atoms with Gasteiger partial charge in [0.25, 0.3) is 11.8 Å². The molecule has 2 aromatic rings. The van der Waals surface area contributed by atoms with Crippen molar-refractivity contribution < 1.29 is 23.5 Å². The number of hydrogen-bond acceptors (Lipinski definition) is 5. The van der Waals surface area contributed by atoms with Gasteiger partial charge in [-0.05, 0) is 62.6 Å². The van der Waals surface area contributed by atoms with Gasteiger partial charge in [0.1, 0.15) is 17.3 Å². The Morgan fingerprint density at radius 2 is 1.47 bits per heavy atom. The number of rotatable bonds is 9. The molecule has 1 fully saturated rings. The third kappa shape index (κ3) is 6.75. The normalized spacial score (nSPS) is 21.1. The lowest BCUT2D eigenvalue weighted by Crippen LogP contribution is -2.69. The first kappa shape index (κ1) is 25.6. The Hall–Kier alpha value is -3.02. The van der Waals surface area contributed by atoms with Gasteiger partial charge in [-0.2, -0.15) is 5.26 Å². The largest absolute Gasteiger partial charge is 0.484 e. The van der Waals surface area contributed by atoms with Crippen LogP contribution in [0.25, 0.3) is 0 Å². The maximum Gasteiger partial charge on any atom is 0.258 e. The lowest BCUT2D eigenvalue weighted by molar-refractivity contribution is -0.129. The number of carbonyl (C=O) groups excluding carboxylic acids is 2. The van der Waals surface area contributed by atoms with Crippen molar-refractivity contribution >= 4 is 35.0 Å². The van der Waals surface area contributed by atoms with Gasteiger partial charge in [-0.25, -0.2) is 4.39 Å². The quantitative estimate of drug-likeness (QED) is 0.529. The van der Waals surface area contributed by atoms with Gasteiger partial charge in [-0.1, -0.05) is 23.2 Å². The first-order valence-electron chi connectivity index (χ1n) is 10.5. The molecular weight excluding hydrogens is 484 g/mol. The molecule has 2 N–H and O–H groups in total. The fourth-order valence-electron chi connectivity index (χ4n) is 4.32. The summed E-state index contributed by atoms with van der Waals surface area (Å²) < 4.78 is 24.3. The van der Waals surface area contributed by atoms with Crippen LogP contribution in [-0.4, -0.2) is 36.1 Å². The van der Waals surface area contributed by atoms with Crippen LogP contribution in [0.5, 0.6) is 11.5 Å². The smallest absolute Gasteiger partial charge is 0.258 e. The zero-order valence-corrected chi connectivity index (χ0v) is 20.2. The van der Waals surface area contributed by atoms with Gasteiger partial charge in [-0.15, -0.1) is 0 Å². The van der Waals surface area contributed by atoms with E-state index in [0.717, 1.165) is 6.07 Å². The molecule has 0 atom stereocenters. The van der Waals surface area contributed by atoms with Crippen molar-refractivity contribution in [2.45, 2.75) is 44.2 Å². The lowest BCUT2D eigenvalue weighted by atomic mass is 9.64. The third-order valence-electron chi connectivity index (χ3n) is 5.36. The van der Waals surface area contributed by atoms with E-state index in [2.05, 4.69) is 10.6 Å². The molecule has 2 amide bonds. The molecular formula is C24H24Cl2FN3O4. The second-order valence-corrected chi connectivity index (χ2v) is 9.63. The number of hydrogen-bond donors (Lipinski definition) is 2.